The van der Waals surface area contributed by atoms with Crippen LogP contribution in [0.15, 0.2) is 12.1 Å². The first-order valence-electron chi connectivity index (χ1n) is 5.66. The molecule has 0 aliphatic carbocycles. The SMILES string of the molecule is CO[CH]c1c(F)cc(C(C)C)cc1C(C)C. The molecule has 1 radical (unpaired) electrons. The molecule has 0 atom stereocenters. The minimum Gasteiger partial charge on any atom is -0.374 e. The summed E-state index contributed by atoms with van der Waals surface area (Å²) < 4.78 is 18.8. The molecule has 0 aliphatic heterocycles. The van der Waals surface area contributed by atoms with Gasteiger partial charge >= 0.3 is 0 Å². The van der Waals surface area contributed by atoms with Crippen molar-refractivity contribution < 1.29 is 9.13 Å². The van der Waals surface area contributed by atoms with Gasteiger partial charge in [-0.15, -0.1) is 0 Å². The van der Waals surface area contributed by atoms with E-state index >= 15 is 0 Å². The normalized spacial score (nSPS) is 11.5. The van der Waals surface area contributed by atoms with Crippen LogP contribution in [0.5, 0.6) is 0 Å². The number of rotatable bonds is 4. The van der Waals surface area contributed by atoms with Crippen LogP contribution in [-0.2, 0) is 4.74 Å². The van der Waals surface area contributed by atoms with Crippen LogP contribution < -0.4 is 0 Å². The first-order valence-corrected chi connectivity index (χ1v) is 5.66. The van der Waals surface area contributed by atoms with Gasteiger partial charge in [-0.1, -0.05) is 33.8 Å². The molecule has 0 N–H and O–H groups in total. The number of methoxy groups -OCH3 is 1. The smallest absolute Gasteiger partial charge is 0.129 e. The number of halogens is 1. The molecule has 0 saturated carbocycles. The summed E-state index contributed by atoms with van der Waals surface area (Å²) in [7, 11) is 1.54. The number of ether oxygens (including phenoxy) is 1. The largest absolute Gasteiger partial charge is 0.374 e. The van der Waals surface area contributed by atoms with E-state index in [0.29, 0.717) is 11.5 Å². The van der Waals surface area contributed by atoms with Crippen molar-refractivity contribution in [3.8, 4) is 0 Å². The van der Waals surface area contributed by atoms with Crippen LogP contribution in [0.4, 0.5) is 4.39 Å². The Morgan fingerprint density at radius 1 is 1.12 bits per heavy atom. The van der Waals surface area contributed by atoms with Crippen molar-refractivity contribution in [2.24, 2.45) is 0 Å². The Kier molecular flexibility index (Phi) is 4.48. The van der Waals surface area contributed by atoms with E-state index in [0.717, 1.165) is 11.1 Å². The highest BCUT2D eigenvalue weighted by atomic mass is 19.1. The van der Waals surface area contributed by atoms with Crippen molar-refractivity contribution in [3.63, 3.8) is 0 Å². The summed E-state index contributed by atoms with van der Waals surface area (Å²) in [5.74, 6) is 0.426. The molecular formula is C14H20FO. The second-order valence-corrected chi connectivity index (χ2v) is 4.67. The van der Waals surface area contributed by atoms with Gasteiger partial charge in [-0.05, 0) is 29.0 Å². The number of hydrogen-bond donors (Lipinski definition) is 0. The lowest BCUT2D eigenvalue weighted by Gasteiger charge is -2.16. The maximum absolute atomic E-state index is 13.9. The third-order valence-corrected chi connectivity index (χ3v) is 2.71. The molecular weight excluding hydrogens is 203 g/mol. The van der Waals surface area contributed by atoms with E-state index in [1.807, 2.05) is 0 Å². The fraction of sp³-hybridized carbons (Fsp3) is 0.500. The summed E-state index contributed by atoms with van der Waals surface area (Å²) >= 11 is 0. The monoisotopic (exact) mass is 223 g/mol. The molecule has 0 fully saturated rings. The van der Waals surface area contributed by atoms with Gasteiger partial charge in [0.15, 0.2) is 0 Å². The molecule has 0 spiro atoms. The summed E-state index contributed by atoms with van der Waals surface area (Å²) in [5, 5.41) is 0. The Morgan fingerprint density at radius 3 is 2.19 bits per heavy atom. The second kappa shape index (κ2) is 5.44. The highest BCUT2D eigenvalue weighted by Crippen LogP contribution is 2.28. The van der Waals surface area contributed by atoms with Crippen LogP contribution in [0.1, 0.15) is 56.2 Å². The van der Waals surface area contributed by atoms with Crippen LogP contribution in [-0.4, -0.2) is 7.11 Å². The van der Waals surface area contributed by atoms with E-state index in [9.17, 15) is 4.39 Å². The van der Waals surface area contributed by atoms with Gasteiger partial charge in [-0.3, -0.25) is 0 Å². The van der Waals surface area contributed by atoms with Crippen LogP contribution in [0.2, 0.25) is 0 Å². The van der Waals surface area contributed by atoms with E-state index < -0.39 is 0 Å². The summed E-state index contributed by atoms with van der Waals surface area (Å²) in [6, 6.07) is 3.67. The standard InChI is InChI=1S/C14H20FO/c1-9(2)11-6-12(10(3)4)13(8-16-5)14(15)7-11/h6-10H,1-5H3. The molecule has 1 rings (SSSR count). The number of benzene rings is 1. The van der Waals surface area contributed by atoms with Crippen molar-refractivity contribution in [2.45, 2.75) is 39.5 Å². The molecule has 89 valence electrons. The molecule has 1 aromatic rings. The van der Waals surface area contributed by atoms with E-state index in [2.05, 4.69) is 33.8 Å². The minimum atomic E-state index is -0.197. The summed E-state index contributed by atoms with van der Waals surface area (Å²) in [6.07, 6.45) is 0. The Labute approximate surface area is 97.6 Å². The van der Waals surface area contributed by atoms with Gasteiger partial charge in [0, 0.05) is 12.7 Å². The van der Waals surface area contributed by atoms with Crippen LogP contribution in [0.25, 0.3) is 0 Å². The minimum absolute atomic E-state index is 0.197. The van der Waals surface area contributed by atoms with Crippen molar-refractivity contribution >= 4 is 0 Å². The quantitative estimate of drug-likeness (QED) is 0.742. The van der Waals surface area contributed by atoms with Crippen LogP contribution >= 0.6 is 0 Å². The second-order valence-electron chi connectivity index (χ2n) is 4.67. The molecule has 0 amide bonds. The van der Waals surface area contributed by atoms with Gasteiger partial charge in [0.25, 0.3) is 0 Å². The Morgan fingerprint density at radius 2 is 1.75 bits per heavy atom. The van der Waals surface area contributed by atoms with Crippen molar-refractivity contribution in [1.29, 1.82) is 0 Å². The summed E-state index contributed by atoms with van der Waals surface area (Å²) in [6.45, 7) is 9.74. The fourth-order valence-electron chi connectivity index (χ4n) is 1.71. The lowest BCUT2D eigenvalue weighted by atomic mass is 9.91. The Bertz CT molecular complexity index is 356. The Hall–Kier alpha value is -0.890. The lowest BCUT2D eigenvalue weighted by Crippen LogP contribution is -2.03. The third kappa shape index (κ3) is 2.82. The van der Waals surface area contributed by atoms with E-state index in [-0.39, 0.29) is 11.7 Å². The molecule has 1 nitrogen and oxygen atoms in total. The van der Waals surface area contributed by atoms with E-state index in [4.69, 9.17) is 4.74 Å². The van der Waals surface area contributed by atoms with E-state index in [1.54, 1.807) is 13.2 Å². The topological polar surface area (TPSA) is 9.23 Å². The molecule has 16 heavy (non-hydrogen) atoms. The molecule has 0 saturated heterocycles. The predicted octanol–water partition coefficient (Wildman–Crippen LogP) is 4.23. The first-order chi connectivity index (χ1) is 7.47. The fourth-order valence-corrected chi connectivity index (χ4v) is 1.71. The third-order valence-electron chi connectivity index (χ3n) is 2.71. The molecule has 0 unspecified atom stereocenters. The van der Waals surface area contributed by atoms with Gasteiger partial charge in [0.1, 0.15) is 12.4 Å². The molecule has 0 heterocycles. The van der Waals surface area contributed by atoms with Crippen LogP contribution in [0.3, 0.4) is 0 Å². The highest BCUT2D eigenvalue weighted by molar-refractivity contribution is 5.39. The lowest BCUT2D eigenvalue weighted by molar-refractivity contribution is 0.288. The average Bonchev–Trinajstić information content (AvgIpc) is 2.20. The van der Waals surface area contributed by atoms with Crippen LogP contribution in [0, 0.1) is 12.4 Å². The molecule has 0 aromatic heterocycles. The van der Waals surface area contributed by atoms with Gasteiger partial charge < -0.3 is 4.74 Å². The molecule has 0 bridgehead atoms. The maximum Gasteiger partial charge on any atom is 0.129 e. The zero-order valence-corrected chi connectivity index (χ0v) is 10.7. The van der Waals surface area contributed by atoms with E-state index in [1.165, 1.54) is 6.61 Å². The molecule has 0 aliphatic rings. The van der Waals surface area contributed by atoms with Crippen molar-refractivity contribution in [1.82, 2.24) is 0 Å². The summed E-state index contributed by atoms with van der Waals surface area (Å²) in [4.78, 5) is 0. The molecule has 2 heteroatoms. The molecule has 1 aromatic carbocycles. The van der Waals surface area contributed by atoms with Gasteiger partial charge in [0.05, 0.1) is 0 Å². The van der Waals surface area contributed by atoms with Gasteiger partial charge in [0.2, 0.25) is 0 Å². The highest BCUT2D eigenvalue weighted by Gasteiger charge is 2.15. The summed E-state index contributed by atoms with van der Waals surface area (Å²) in [5.41, 5.74) is 2.61. The Balaban J connectivity index is 3.27. The average molecular weight is 223 g/mol. The number of hydrogen-bond acceptors (Lipinski definition) is 1. The first kappa shape index (κ1) is 13.2. The maximum atomic E-state index is 13.9. The van der Waals surface area contributed by atoms with Gasteiger partial charge in [-0.25, -0.2) is 4.39 Å². The van der Waals surface area contributed by atoms with Crippen molar-refractivity contribution in [2.75, 3.05) is 7.11 Å². The zero-order chi connectivity index (χ0) is 12.3. The predicted molar refractivity (Wildman–Crippen MR) is 65.0 cm³/mol. The zero-order valence-electron chi connectivity index (χ0n) is 10.7. The van der Waals surface area contributed by atoms with Crippen molar-refractivity contribution in [3.05, 3.63) is 41.2 Å². The van der Waals surface area contributed by atoms with Gasteiger partial charge in [-0.2, -0.15) is 0 Å².